The van der Waals surface area contributed by atoms with Crippen LogP contribution in [0.15, 0.2) is 35.0 Å². The number of nitrogens with zero attached hydrogens (tertiary/aromatic N) is 4. The molecule has 0 N–H and O–H groups in total. The second-order valence-electron chi connectivity index (χ2n) is 14.3. The van der Waals surface area contributed by atoms with Crippen LogP contribution < -0.4 is 0 Å². The van der Waals surface area contributed by atoms with E-state index in [-0.39, 0.29) is 0 Å². The van der Waals surface area contributed by atoms with Gasteiger partial charge in [0.2, 0.25) is 0 Å². The van der Waals surface area contributed by atoms with Crippen molar-refractivity contribution in [2.75, 3.05) is 0 Å². The predicted molar refractivity (Wildman–Crippen MR) is 224 cm³/mol. The molecule has 0 aliphatic heterocycles. The summed E-state index contributed by atoms with van der Waals surface area (Å²) in [5, 5.41) is 6.82. The molecule has 0 saturated carbocycles. The largest absolute Gasteiger partial charge is 0.172 e. The number of hydrogen-bond acceptors (Lipinski definition) is 8. The molecule has 4 aromatic heterocycles. The van der Waals surface area contributed by atoms with Crippen LogP contribution in [0.5, 0.6) is 0 Å². The van der Waals surface area contributed by atoms with Crippen molar-refractivity contribution in [3.05, 3.63) is 46.2 Å². The maximum atomic E-state index is 4.91. The third-order valence-electron chi connectivity index (χ3n) is 10.4. The van der Waals surface area contributed by atoms with Crippen molar-refractivity contribution in [1.29, 1.82) is 0 Å². The van der Waals surface area contributed by atoms with Crippen molar-refractivity contribution in [3.63, 3.8) is 0 Å². The lowest BCUT2D eigenvalue weighted by atomic mass is 9.95. The molecule has 0 spiro atoms. The van der Waals surface area contributed by atoms with Gasteiger partial charge < -0.3 is 0 Å². The van der Waals surface area contributed by atoms with Gasteiger partial charge in [0, 0.05) is 31.7 Å². The van der Waals surface area contributed by atoms with E-state index >= 15 is 0 Å². The highest BCUT2D eigenvalue weighted by Crippen LogP contribution is 2.44. The van der Waals surface area contributed by atoms with Crippen LogP contribution in [0, 0.1) is 0 Å². The average molecular weight is 745 g/mol. The third-order valence-corrected chi connectivity index (χ3v) is 13.5. The van der Waals surface area contributed by atoms with Crippen LogP contribution in [0.25, 0.3) is 53.7 Å². The lowest BCUT2D eigenvalue weighted by Gasteiger charge is -2.11. The summed E-state index contributed by atoms with van der Waals surface area (Å²) in [6, 6.07) is 9.36. The molecule has 0 atom stereocenters. The molecule has 50 heavy (non-hydrogen) atoms. The van der Waals surface area contributed by atoms with E-state index in [1.54, 1.807) is 0 Å². The van der Waals surface area contributed by atoms with Gasteiger partial charge in [-0.15, -0.1) is 22.7 Å². The first kappa shape index (κ1) is 37.5. The summed E-state index contributed by atoms with van der Waals surface area (Å²) in [6.07, 6.45) is 29.5. The Balaban J connectivity index is 1.14. The number of fused-ring (bicyclic) bond motifs is 5. The topological polar surface area (TPSA) is 51.6 Å². The maximum absolute atomic E-state index is 4.91. The van der Waals surface area contributed by atoms with Crippen LogP contribution in [-0.2, 0) is 12.8 Å². The van der Waals surface area contributed by atoms with E-state index in [0.717, 1.165) is 45.7 Å². The fourth-order valence-electron chi connectivity index (χ4n) is 7.55. The fraction of sp³-hybridized carbons (Fsp3) is 0.571. The SMILES string of the molecule is CCCCCCCCCCCCc1ccsc1-c1cc2c(cc(-c3sccc3CCCCCCCCCCCC)c3nsnc32)c2nsnc12. The first-order chi connectivity index (χ1) is 24.8. The standard InChI is InChI=1S/C42H56N4S4/c1-3-5-7-9-11-13-15-17-19-21-23-31-25-27-47-41(31)35-29-33-34(37-39(35)45-49-43-37)30-36(40-38(33)44-50-46-40)42-32(26-28-48-42)24-22-20-18-16-14-12-10-8-6-4-2/h25-30H,3-24H2,1-2H3. The molecule has 0 aliphatic rings. The Bertz CT molecular complexity index is 1740. The van der Waals surface area contributed by atoms with E-state index in [1.807, 2.05) is 22.7 Å². The average Bonchev–Trinajstić information content (AvgIpc) is 3.97. The van der Waals surface area contributed by atoms with E-state index in [2.05, 4.69) is 48.9 Å². The van der Waals surface area contributed by atoms with Crippen molar-refractivity contribution < 1.29 is 0 Å². The normalized spacial score (nSPS) is 12.0. The Morgan fingerprint density at radius 2 is 0.760 bits per heavy atom. The number of hydrogen-bond donors (Lipinski definition) is 0. The molecule has 4 nitrogen and oxygen atoms in total. The van der Waals surface area contributed by atoms with Gasteiger partial charge in [-0.1, -0.05) is 129 Å². The van der Waals surface area contributed by atoms with Gasteiger partial charge in [-0.3, -0.25) is 0 Å². The third kappa shape index (κ3) is 9.58. The van der Waals surface area contributed by atoms with Crippen LogP contribution in [-0.4, -0.2) is 17.5 Å². The van der Waals surface area contributed by atoms with Crippen molar-refractivity contribution in [2.45, 2.75) is 155 Å². The minimum Gasteiger partial charge on any atom is -0.172 e. The first-order valence-corrected chi connectivity index (χ1v) is 23.0. The highest BCUT2D eigenvalue weighted by atomic mass is 32.1. The first-order valence-electron chi connectivity index (χ1n) is 19.8. The minimum atomic E-state index is 1.00. The Kier molecular flexibility index (Phi) is 15.1. The number of rotatable bonds is 24. The fourth-order valence-corrected chi connectivity index (χ4v) is 10.6. The second-order valence-corrected chi connectivity index (χ2v) is 17.2. The lowest BCUT2D eigenvalue weighted by Crippen LogP contribution is -1.91. The highest BCUT2D eigenvalue weighted by Gasteiger charge is 2.22. The Hall–Kier alpha value is -2.26. The molecule has 0 aliphatic carbocycles. The van der Waals surface area contributed by atoms with E-state index in [0.29, 0.717) is 0 Å². The van der Waals surface area contributed by atoms with Crippen molar-refractivity contribution in [1.82, 2.24) is 17.5 Å². The molecule has 268 valence electrons. The molecule has 0 unspecified atom stereocenters. The molecule has 0 saturated heterocycles. The van der Waals surface area contributed by atoms with E-state index < -0.39 is 0 Å². The van der Waals surface area contributed by atoms with Crippen LogP contribution in [0.2, 0.25) is 0 Å². The van der Waals surface area contributed by atoms with Gasteiger partial charge in [-0.05, 0) is 71.8 Å². The van der Waals surface area contributed by atoms with Crippen molar-refractivity contribution >= 4 is 79.0 Å². The van der Waals surface area contributed by atoms with E-state index in [1.165, 1.54) is 184 Å². The Morgan fingerprint density at radius 1 is 0.420 bits per heavy atom. The van der Waals surface area contributed by atoms with E-state index in [4.69, 9.17) is 17.5 Å². The Labute approximate surface area is 316 Å². The molecule has 0 bridgehead atoms. The van der Waals surface area contributed by atoms with Gasteiger partial charge in [0.15, 0.2) is 0 Å². The number of unbranched alkanes of at least 4 members (excludes halogenated alkanes) is 18. The summed E-state index contributed by atoms with van der Waals surface area (Å²) in [5.41, 5.74) is 9.37. The zero-order valence-electron chi connectivity index (χ0n) is 30.4. The molecule has 6 aromatic rings. The molecule has 0 radical (unpaired) electrons. The van der Waals surface area contributed by atoms with Gasteiger partial charge in [-0.2, -0.15) is 17.5 Å². The van der Waals surface area contributed by atoms with Crippen molar-refractivity contribution in [2.24, 2.45) is 0 Å². The van der Waals surface area contributed by atoms with Crippen LogP contribution >= 0.6 is 46.1 Å². The van der Waals surface area contributed by atoms with Gasteiger partial charge in [0.05, 0.1) is 23.5 Å². The summed E-state index contributed by atoms with van der Waals surface area (Å²) in [7, 11) is 0. The number of thiophene rings is 2. The van der Waals surface area contributed by atoms with Crippen LogP contribution in [0.3, 0.4) is 0 Å². The minimum absolute atomic E-state index is 1.00. The molecular formula is C42H56N4S4. The van der Waals surface area contributed by atoms with Gasteiger partial charge in [0.1, 0.15) is 22.1 Å². The molecule has 6 rings (SSSR count). The predicted octanol–water partition coefficient (Wildman–Crippen LogP) is 15.2. The molecule has 4 heterocycles. The lowest BCUT2D eigenvalue weighted by molar-refractivity contribution is 0.556. The zero-order valence-corrected chi connectivity index (χ0v) is 33.7. The number of benzene rings is 2. The number of aromatic nitrogens is 4. The number of aryl methyl sites for hydroxylation is 2. The summed E-state index contributed by atoms with van der Waals surface area (Å²) < 4.78 is 19.6. The highest BCUT2D eigenvalue weighted by molar-refractivity contribution is 7.14. The summed E-state index contributed by atoms with van der Waals surface area (Å²) in [4.78, 5) is 2.69. The zero-order chi connectivity index (χ0) is 34.4. The van der Waals surface area contributed by atoms with Gasteiger partial charge in [-0.25, -0.2) is 0 Å². The van der Waals surface area contributed by atoms with E-state index in [9.17, 15) is 0 Å². The summed E-state index contributed by atoms with van der Waals surface area (Å²) in [5.74, 6) is 0. The quantitative estimate of drug-likeness (QED) is 0.0579. The van der Waals surface area contributed by atoms with Gasteiger partial charge in [0.25, 0.3) is 0 Å². The molecule has 2 aromatic carbocycles. The van der Waals surface area contributed by atoms with Crippen LogP contribution in [0.4, 0.5) is 0 Å². The monoisotopic (exact) mass is 744 g/mol. The smallest absolute Gasteiger partial charge is 0.114 e. The summed E-state index contributed by atoms with van der Waals surface area (Å²) >= 11 is 6.35. The van der Waals surface area contributed by atoms with Crippen molar-refractivity contribution in [3.8, 4) is 20.9 Å². The van der Waals surface area contributed by atoms with Gasteiger partial charge >= 0.3 is 0 Å². The summed E-state index contributed by atoms with van der Waals surface area (Å²) in [6.45, 7) is 4.59. The molecule has 8 heteroatoms. The molecule has 0 fully saturated rings. The second kappa shape index (κ2) is 20.1. The molecule has 0 amide bonds. The Morgan fingerprint density at radius 3 is 1.14 bits per heavy atom. The maximum Gasteiger partial charge on any atom is 0.114 e. The molecular weight excluding hydrogens is 689 g/mol. The van der Waals surface area contributed by atoms with Crippen LogP contribution in [0.1, 0.15) is 153 Å².